The van der Waals surface area contributed by atoms with Crippen LogP contribution in [0.3, 0.4) is 0 Å². The average Bonchev–Trinajstić information content (AvgIpc) is 2.84. The molecule has 0 aliphatic heterocycles. The van der Waals surface area contributed by atoms with Gasteiger partial charge in [-0.25, -0.2) is 0 Å². The minimum absolute atomic E-state index is 0.152. The number of hydrogen-bond donors (Lipinski definition) is 0. The molecule has 0 amide bonds. The van der Waals surface area contributed by atoms with Crippen LogP contribution in [0.1, 0.15) is 33.1 Å². The predicted octanol–water partition coefficient (Wildman–Crippen LogP) is 4.59. The molecule has 1 unspecified atom stereocenters. The maximum absolute atomic E-state index is 12.2. The Labute approximate surface area is 129 Å². The maximum Gasteiger partial charge on any atom is 0.186 e. The van der Waals surface area contributed by atoms with E-state index in [-0.39, 0.29) is 11.8 Å². The van der Waals surface area contributed by atoms with E-state index in [2.05, 4.69) is 6.92 Å². The van der Waals surface area contributed by atoms with Crippen molar-refractivity contribution in [1.82, 2.24) is 4.90 Å². The molecule has 20 heavy (non-hydrogen) atoms. The summed E-state index contributed by atoms with van der Waals surface area (Å²) in [4.78, 5) is 16.3. The highest BCUT2D eigenvalue weighted by atomic mass is 35.5. The Kier molecular flexibility index (Phi) is 4.97. The van der Waals surface area contributed by atoms with Crippen LogP contribution in [0.4, 0.5) is 0 Å². The zero-order chi connectivity index (χ0) is 14.7. The SMILES string of the molecule is Cc1ccc(C(=O)CN(C)C(C)c2cccc(Cl)c2)s1. The Morgan fingerprint density at radius 2 is 2.10 bits per heavy atom. The third-order valence-electron chi connectivity index (χ3n) is 3.40. The number of likely N-dealkylation sites (N-methyl/N-ethyl adjacent to an activating group) is 1. The molecule has 1 aromatic carbocycles. The summed E-state index contributed by atoms with van der Waals surface area (Å²) < 4.78 is 0. The molecule has 0 bridgehead atoms. The summed E-state index contributed by atoms with van der Waals surface area (Å²) in [5, 5.41) is 0.725. The molecular formula is C16H18ClNOS. The number of halogens is 1. The molecule has 1 heterocycles. The van der Waals surface area contributed by atoms with Crippen LogP contribution in [0.25, 0.3) is 0 Å². The number of carbonyl (C=O) groups excluding carboxylic acids is 1. The Hall–Kier alpha value is -1.16. The van der Waals surface area contributed by atoms with E-state index in [0.717, 1.165) is 15.5 Å². The van der Waals surface area contributed by atoms with Crippen LogP contribution >= 0.6 is 22.9 Å². The number of Topliss-reactive ketones (excluding diaryl/α,β-unsaturated/α-hetero) is 1. The van der Waals surface area contributed by atoms with Gasteiger partial charge in [-0.1, -0.05) is 23.7 Å². The fourth-order valence-corrected chi connectivity index (χ4v) is 3.04. The van der Waals surface area contributed by atoms with Gasteiger partial charge in [0, 0.05) is 15.9 Å². The lowest BCUT2D eigenvalue weighted by molar-refractivity contribution is 0.0929. The molecule has 1 atom stereocenters. The molecule has 0 saturated heterocycles. The molecule has 0 fully saturated rings. The van der Waals surface area contributed by atoms with Gasteiger partial charge in [0.25, 0.3) is 0 Å². The van der Waals surface area contributed by atoms with Gasteiger partial charge >= 0.3 is 0 Å². The van der Waals surface area contributed by atoms with Crippen molar-refractivity contribution in [3.05, 3.63) is 56.7 Å². The van der Waals surface area contributed by atoms with Crippen molar-refractivity contribution in [2.45, 2.75) is 19.9 Å². The molecule has 2 rings (SSSR count). The van der Waals surface area contributed by atoms with E-state index in [4.69, 9.17) is 11.6 Å². The van der Waals surface area contributed by atoms with Crippen molar-refractivity contribution in [1.29, 1.82) is 0 Å². The highest BCUT2D eigenvalue weighted by Gasteiger charge is 2.17. The molecule has 0 aliphatic carbocycles. The molecule has 0 N–H and O–H groups in total. The highest BCUT2D eigenvalue weighted by Crippen LogP contribution is 2.23. The van der Waals surface area contributed by atoms with Gasteiger partial charge in [0.05, 0.1) is 11.4 Å². The number of ketones is 1. The second-order valence-corrected chi connectivity index (χ2v) is 6.70. The summed E-state index contributed by atoms with van der Waals surface area (Å²) in [7, 11) is 1.96. The molecule has 0 radical (unpaired) electrons. The second kappa shape index (κ2) is 6.53. The van der Waals surface area contributed by atoms with E-state index < -0.39 is 0 Å². The highest BCUT2D eigenvalue weighted by molar-refractivity contribution is 7.14. The lowest BCUT2D eigenvalue weighted by Crippen LogP contribution is -2.28. The smallest absolute Gasteiger partial charge is 0.186 e. The van der Waals surface area contributed by atoms with Gasteiger partial charge in [-0.05, 0) is 50.7 Å². The van der Waals surface area contributed by atoms with E-state index in [1.54, 1.807) is 11.3 Å². The van der Waals surface area contributed by atoms with Crippen LogP contribution < -0.4 is 0 Å². The Morgan fingerprint density at radius 3 is 2.70 bits per heavy atom. The van der Waals surface area contributed by atoms with E-state index in [1.807, 2.05) is 55.3 Å². The Balaban J connectivity index is 2.04. The van der Waals surface area contributed by atoms with Crippen molar-refractivity contribution in [3.63, 3.8) is 0 Å². The molecule has 4 heteroatoms. The molecule has 2 aromatic rings. The first kappa shape index (κ1) is 15.2. The lowest BCUT2D eigenvalue weighted by atomic mass is 10.1. The van der Waals surface area contributed by atoms with Crippen molar-refractivity contribution in [2.24, 2.45) is 0 Å². The number of benzene rings is 1. The molecule has 2 nitrogen and oxygen atoms in total. The van der Waals surface area contributed by atoms with E-state index >= 15 is 0 Å². The van der Waals surface area contributed by atoms with Crippen molar-refractivity contribution in [3.8, 4) is 0 Å². The number of hydrogen-bond acceptors (Lipinski definition) is 3. The minimum Gasteiger partial charge on any atom is -0.292 e. The molecule has 0 saturated carbocycles. The van der Waals surface area contributed by atoms with Crippen LogP contribution in [0.5, 0.6) is 0 Å². The number of rotatable bonds is 5. The van der Waals surface area contributed by atoms with Gasteiger partial charge in [0.1, 0.15) is 0 Å². The summed E-state index contributed by atoms with van der Waals surface area (Å²) in [6.07, 6.45) is 0. The summed E-state index contributed by atoms with van der Waals surface area (Å²) in [6.45, 7) is 4.51. The molecular weight excluding hydrogens is 290 g/mol. The lowest BCUT2D eigenvalue weighted by Gasteiger charge is -2.24. The van der Waals surface area contributed by atoms with Gasteiger partial charge in [-0.3, -0.25) is 9.69 Å². The van der Waals surface area contributed by atoms with Crippen LogP contribution in [-0.2, 0) is 0 Å². The van der Waals surface area contributed by atoms with E-state index in [0.29, 0.717) is 6.54 Å². The maximum atomic E-state index is 12.2. The third kappa shape index (κ3) is 3.69. The standard InChI is InChI=1S/C16H18ClNOS/c1-11-7-8-16(20-11)15(19)10-18(3)12(2)13-5-4-6-14(17)9-13/h4-9,12H,10H2,1-3H3. The Bertz CT molecular complexity index is 608. The first-order valence-electron chi connectivity index (χ1n) is 6.52. The third-order valence-corrected chi connectivity index (χ3v) is 4.68. The Morgan fingerprint density at radius 1 is 1.35 bits per heavy atom. The van der Waals surface area contributed by atoms with E-state index in [9.17, 15) is 4.79 Å². The monoisotopic (exact) mass is 307 g/mol. The van der Waals surface area contributed by atoms with Crippen LogP contribution in [0, 0.1) is 6.92 Å². The first-order valence-corrected chi connectivity index (χ1v) is 7.72. The predicted molar refractivity (Wildman–Crippen MR) is 85.9 cm³/mol. The first-order chi connectivity index (χ1) is 9.47. The second-order valence-electron chi connectivity index (χ2n) is 4.98. The summed E-state index contributed by atoms with van der Waals surface area (Å²) in [5.74, 6) is 0.166. The van der Waals surface area contributed by atoms with Gasteiger partial charge in [0.15, 0.2) is 5.78 Å². The van der Waals surface area contributed by atoms with Crippen molar-refractivity contribution >= 4 is 28.7 Å². The quantitative estimate of drug-likeness (QED) is 0.753. The minimum atomic E-state index is 0.152. The number of thiophene rings is 1. The number of aryl methyl sites for hydroxylation is 1. The summed E-state index contributed by atoms with van der Waals surface area (Å²) in [5.41, 5.74) is 1.12. The van der Waals surface area contributed by atoms with Crippen molar-refractivity contribution < 1.29 is 4.79 Å². The summed E-state index contributed by atoms with van der Waals surface area (Å²) >= 11 is 7.56. The van der Waals surface area contributed by atoms with Crippen LogP contribution in [0.2, 0.25) is 5.02 Å². The summed E-state index contributed by atoms with van der Waals surface area (Å²) in [6, 6.07) is 11.8. The van der Waals surface area contributed by atoms with Gasteiger partial charge in [-0.2, -0.15) is 0 Å². The number of carbonyl (C=O) groups is 1. The normalized spacial score (nSPS) is 12.7. The molecule has 0 spiro atoms. The molecule has 1 aromatic heterocycles. The average molecular weight is 308 g/mol. The van der Waals surface area contributed by atoms with Gasteiger partial charge < -0.3 is 0 Å². The van der Waals surface area contributed by atoms with Gasteiger partial charge in [0.2, 0.25) is 0 Å². The zero-order valence-corrected chi connectivity index (χ0v) is 13.5. The van der Waals surface area contributed by atoms with Gasteiger partial charge in [-0.15, -0.1) is 11.3 Å². The van der Waals surface area contributed by atoms with E-state index in [1.165, 1.54) is 4.88 Å². The fraction of sp³-hybridized carbons (Fsp3) is 0.312. The van der Waals surface area contributed by atoms with Crippen LogP contribution in [-0.4, -0.2) is 24.3 Å². The molecule has 0 aliphatic rings. The largest absolute Gasteiger partial charge is 0.292 e. The fourth-order valence-electron chi connectivity index (χ4n) is 2.05. The zero-order valence-electron chi connectivity index (χ0n) is 11.9. The topological polar surface area (TPSA) is 20.3 Å². The molecule has 106 valence electrons. The van der Waals surface area contributed by atoms with Crippen LogP contribution in [0.15, 0.2) is 36.4 Å². The van der Waals surface area contributed by atoms with Crippen molar-refractivity contribution in [2.75, 3.05) is 13.6 Å². The number of nitrogens with zero attached hydrogens (tertiary/aromatic N) is 1.